The van der Waals surface area contributed by atoms with Crippen molar-refractivity contribution in [3.8, 4) is 0 Å². The van der Waals surface area contributed by atoms with Gasteiger partial charge in [-0.2, -0.15) is 0 Å². The second kappa shape index (κ2) is 11.1. The number of rotatable bonds is 8. The first-order chi connectivity index (χ1) is 17.2. The van der Waals surface area contributed by atoms with Crippen molar-refractivity contribution < 1.29 is 9.53 Å². The molecule has 1 fully saturated rings. The first kappa shape index (κ1) is 23.7. The Kier molecular flexibility index (Phi) is 7.52. The van der Waals surface area contributed by atoms with Gasteiger partial charge >= 0.3 is 0 Å². The Morgan fingerprint density at radius 2 is 1.66 bits per heavy atom. The van der Waals surface area contributed by atoms with Crippen molar-refractivity contribution in [1.29, 1.82) is 0 Å². The van der Waals surface area contributed by atoms with Gasteiger partial charge in [0.25, 0.3) is 0 Å². The molecule has 2 heterocycles. The van der Waals surface area contributed by atoms with Crippen LogP contribution in [0.15, 0.2) is 78.9 Å². The largest absolute Gasteiger partial charge is 0.379 e. The summed E-state index contributed by atoms with van der Waals surface area (Å²) in [5.41, 5.74) is 4.14. The maximum absolute atomic E-state index is 14.3. The van der Waals surface area contributed by atoms with E-state index in [1.807, 2.05) is 71.6 Å². The molecule has 35 heavy (non-hydrogen) atoms. The van der Waals surface area contributed by atoms with Gasteiger partial charge in [-0.1, -0.05) is 78.1 Å². The van der Waals surface area contributed by atoms with E-state index in [-0.39, 0.29) is 11.8 Å². The molecule has 0 atom stereocenters. The SMILES string of the molecule is Cc1ccc2nc(N(CCCN3CCOCC3)C(=O)C(c3ccccc3)c3ccccc3)sc2c1. The maximum Gasteiger partial charge on any atom is 0.240 e. The topological polar surface area (TPSA) is 45.7 Å². The van der Waals surface area contributed by atoms with Crippen LogP contribution in [0.2, 0.25) is 0 Å². The molecule has 5 rings (SSSR count). The molecule has 6 heteroatoms. The van der Waals surface area contributed by atoms with Gasteiger partial charge in [-0.25, -0.2) is 4.98 Å². The van der Waals surface area contributed by atoms with E-state index in [1.165, 1.54) is 5.56 Å². The Hall–Kier alpha value is -3.06. The summed E-state index contributed by atoms with van der Waals surface area (Å²) in [6, 6.07) is 26.4. The average molecular weight is 486 g/mol. The fraction of sp³-hybridized carbons (Fsp3) is 0.310. The third-order valence-electron chi connectivity index (χ3n) is 6.50. The quantitative estimate of drug-likeness (QED) is 0.331. The molecule has 0 spiro atoms. The zero-order valence-electron chi connectivity index (χ0n) is 20.1. The number of thiazole rings is 1. The molecular weight excluding hydrogens is 454 g/mol. The van der Waals surface area contributed by atoms with Crippen LogP contribution in [0, 0.1) is 6.92 Å². The van der Waals surface area contributed by atoms with Gasteiger partial charge in [-0.3, -0.25) is 14.6 Å². The number of hydrogen-bond donors (Lipinski definition) is 0. The number of morpholine rings is 1. The van der Waals surface area contributed by atoms with E-state index in [9.17, 15) is 4.79 Å². The van der Waals surface area contributed by atoms with Crippen LogP contribution >= 0.6 is 11.3 Å². The maximum atomic E-state index is 14.3. The molecule has 0 bridgehead atoms. The lowest BCUT2D eigenvalue weighted by molar-refractivity contribution is -0.119. The molecule has 0 saturated carbocycles. The first-order valence-corrected chi connectivity index (χ1v) is 13.1. The van der Waals surface area contributed by atoms with Gasteiger partial charge in [0.2, 0.25) is 5.91 Å². The van der Waals surface area contributed by atoms with Crippen molar-refractivity contribution in [2.24, 2.45) is 0 Å². The highest BCUT2D eigenvalue weighted by atomic mass is 32.1. The Morgan fingerprint density at radius 3 is 2.31 bits per heavy atom. The van der Waals surface area contributed by atoms with E-state index in [1.54, 1.807) is 11.3 Å². The molecule has 0 aliphatic carbocycles. The van der Waals surface area contributed by atoms with Crippen LogP contribution in [0.25, 0.3) is 10.2 Å². The average Bonchev–Trinajstić information content (AvgIpc) is 3.31. The predicted molar refractivity (Wildman–Crippen MR) is 143 cm³/mol. The molecular formula is C29H31N3O2S. The van der Waals surface area contributed by atoms with E-state index in [2.05, 4.69) is 24.0 Å². The Labute approximate surface area is 211 Å². The Bertz CT molecular complexity index is 1210. The number of carbonyl (C=O) groups excluding carboxylic acids is 1. The van der Waals surface area contributed by atoms with Gasteiger partial charge in [0.15, 0.2) is 5.13 Å². The van der Waals surface area contributed by atoms with Crippen LogP contribution in [0.4, 0.5) is 5.13 Å². The Balaban J connectivity index is 1.48. The zero-order valence-corrected chi connectivity index (χ0v) is 20.9. The summed E-state index contributed by atoms with van der Waals surface area (Å²) in [6.07, 6.45) is 0.886. The van der Waals surface area contributed by atoms with Crippen LogP contribution < -0.4 is 4.90 Å². The standard InChI is InChI=1S/C29H31N3O2S/c1-22-13-14-25-26(21-22)35-29(30-25)32(16-8-15-31-17-19-34-20-18-31)28(33)27(23-9-4-2-5-10-23)24-11-6-3-7-12-24/h2-7,9-14,21,27H,8,15-20H2,1H3. The van der Waals surface area contributed by atoms with Crippen molar-refractivity contribution in [3.05, 3.63) is 95.6 Å². The lowest BCUT2D eigenvalue weighted by Gasteiger charge is -2.29. The smallest absolute Gasteiger partial charge is 0.240 e. The van der Waals surface area contributed by atoms with Crippen molar-refractivity contribution in [2.75, 3.05) is 44.3 Å². The lowest BCUT2D eigenvalue weighted by atomic mass is 9.90. The van der Waals surface area contributed by atoms with Crippen LogP contribution in [-0.4, -0.2) is 55.2 Å². The molecule has 1 aliphatic heterocycles. The highest BCUT2D eigenvalue weighted by molar-refractivity contribution is 7.22. The van der Waals surface area contributed by atoms with E-state index in [0.717, 1.165) is 65.7 Å². The number of benzene rings is 3. The van der Waals surface area contributed by atoms with Gasteiger partial charge in [0.1, 0.15) is 0 Å². The summed E-state index contributed by atoms with van der Waals surface area (Å²) >= 11 is 1.60. The number of anilines is 1. The van der Waals surface area contributed by atoms with Crippen LogP contribution in [0.3, 0.4) is 0 Å². The number of ether oxygens (including phenoxy) is 1. The molecule has 1 aromatic heterocycles. The molecule has 1 amide bonds. The van der Waals surface area contributed by atoms with Gasteiger partial charge in [0.05, 0.1) is 29.3 Å². The van der Waals surface area contributed by atoms with Gasteiger partial charge < -0.3 is 4.74 Å². The second-order valence-corrected chi connectivity index (χ2v) is 10.0. The summed E-state index contributed by atoms with van der Waals surface area (Å²) < 4.78 is 6.61. The molecule has 0 N–H and O–H groups in total. The molecule has 5 nitrogen and oxygen atoms in total. The van der Waals surface area contributed by atoms with E-state index in [4.69, 9.17) is 9.72 Å². The van der Waals surface area contributed by atoms with E-state index in [0.29, 0.717) is 6.54 Å². The molecule has 180 valence electrons. The first-order valence-electron chi connectivity index (χ1n) is 12.3. The number of aromatic nitrogens is 1. The fourth-order valence-corrected chi connectivity index (χ4v) is 5.73. The highest BCUT2D eigenvalue weighted by Crippen LogP contribution is 2.34. The van der Waals surface area contributed by atoms with E-state index < -0.39 is 0 Å². The summed E-state index contributed by atoms with van der Waals surface area (Å²) in [5, 5.41) is 0.773. The van der Waals surface area contributed by atoms with Crippen LogP contribution in [0.5, 0.6) is 0 Å². The number of nitrogens with zero attached hydrogens (tertiary/aromatic N) is 3. The number of hydrogen-bond acceptors (Lipinski definition) is 5. The van der Waals surface area contributed by atoms with Gasteiger partial charge in [0, 0.05) is 26.2 Å². The lowest BCUT2D eigenvalue weighted by Crippen LogP contribution is -2.40. The summed E-state index contributed by atoms with van der Waals surface area (Å²) in [7, 11) is 0. The minimum atomic E-state index is -0.380. The summed E-state index contributed by atoms with van der Waals surface area (Å²) in [4.78, 5) is 23.6. The minimum absolute atomic E-state index is 0.0696. The van der Waals surface area contributed by atoms with Gasteiger partial charge in [-0.15, -0.1) is 0 Å². The van der Waals surface area contributed by atoms with Crippen LogP contribution in [0.1, 0.15) is 29.0 Å². The number of fused-ring (bicyclic) bond motifs is 1. The molecule has 1 aliphatic rings. The normalized spacial score (nSPS) is 14.5. The van der Waals surface area contributed by atoms with Crippen molar-refractivity contribution in [2.45, 2.75) is 19.3 Å². The molecule has 3 aromatic carbocycles. The monoisotopic (exact) mass is 485 g/mol. The molecule has 0 unspecified atom stereocenters. The van der Waals surface area contributed by atoms with Crippen LogP contribution in [-0.2, 0) is 9.53 Å². The molecule has 1 saturated heterocycles. The van der Waals surface area contributed by atoms with Crippen molar-refractivity contribution in [3.63, 3.8) is 0 Å². The van der Waals surface area contributed by atoms with Crippen molar-refractivity contribution in [1.82, 2.24) is 9.88 Å². The fourth-order valence-electron chi connectivity index (χ4n) is 4.64. The summed E-state index contributed by atoms with van der Waals surface area (Å²) in [5.74, 6) is -0.310. The third-order valence-corrected chi connectivity index (χ3v) is 7.54. The number of amides is 1. The van der Waals surface area contributed by atoms with Crippen molar-refractivity contribution >= 4 is 32.6 Å². The minimum Gasteiger partial charge on any atom is -0.379 e. The number of carbonyl (C=O) groups is 1. The summed E-state index contributed by atoms with van der Waals surface area (Å²) in [6.45, 7) is 7.12. The van der Waals surface area contributed by atoms with Gasteiger partial charge in [-0.05, 0) is 42.2 Å². The highest BCUT2D eigenvalue weighted by Gasteiger charge is 2.30. The predicted octanol–water partition coefficient (Wildman–Crippen LogP) is 5.49. The Morgan fingerprint density at radius 1 is 1.00 bits per heavy atom. The molecule has 4 aromatic rings. The van der Waals surface area contributed by atoms with E-state index >= 15 is 0 Å². The second-order valence-electron chi connectivity index (χ2n) is 9.02. The third kappa shape index (κ3) is 5.61. The number of aryl methyl sites for hydroxylation is 1. The zero-order chi connectivity index (χ0) is 24.0. The molecule has 0 radical (unpaired) electrons.